The van der Waals surface area contributed by atoms with Gasteiger partial charge in [0.05, 0.1) is 5.69 Å². The molecule has 0 amide bonds. The van der Waals surface area contributed by atoms with Gasteiger partial charge in [-0.15, -0.1) is 0 Å². The summed E-state index contributed by atoms with van der Waals surface area (Å²) in [4.78, 5) is 18.3. The Hall–Kier alpha value is -2.18. The number of nitrogens with zero attached hydrogens (tertiary/aromatic N) is 3. The highest BCUT2D eigenvalue weighted by molar-refractivity contribution is 5.37. The molecular weight excluding hydrogens is 302 g/mol. The maximum atomic E-state index is 12.0. The molecule has 126 valence electrons. The van der Waals surface area contributed by atoms with E-state index in [1.54, 1.807) is 12.3 Å². The lowest BCUT2D eigenvalue weighted by molar-refractivity contribution is 0.285. The van der Waals surface area contributed by atoms with Crippen LogP contribution >= 0.6 is 0 Å². The summed E-state index contributed by atoms with van der Waals surface area (Å²) in [6.45, 7) is 4.17. The third-order valence-electron chi connectivity index (χ3n) is 5.51. The molecule has 2 unspecified atom stereocenters. The molecule has 2 atom stereocenters. The lowest BCUT2D eigenvalue weighted by Gasteiger charge is -2.20. The SMILES string of the molecule is NCC12CC1CN(CCc1cccc(-n3ccc(N)nc3=O)c1)C2. The normalized spacial score (nSPS) is 25.6. The molecule has 0 spiro atoms. The first-order valence-electron chi connectivity index (χ1n) is 8.47. The van der Waals surface area contributed by atoms with Crippen LogP contribution in [0.15, 0.2) is 41.3 Å². The Morgan fingerprint density at radius 2 is 2.21 bits per heavy atom. The molecule has 1 aliphatic heterocycles. The summed E-state index contributed by atoms with van der Waals surface area (Å²) in [5.74, 6) is 1.06. The fourth-order valence-corrected chi connectivity index (χ4v) is 3.95. The van der Waals surface area contributed by atoms with Crippen LogP contribution in [0.1, 0.15) is 12.0 Å². The van der Waals surface area contributed by atoms with Crippen LogP contribution in [0.2, 0.25) is 0 Å². The summed E-state index contributed by atoms with van der Waals surface area (Å²) in [6.07, 6.45) is 3.95. The maximum Gasteiger partial charge on any atom is 0.354 e. The molecule has 1 saturated carbocycles. The average Bonchev–Trinajstić information content (AvgIpc) is 3.15. The van der Waals surface area contributed by atoms with E-state index in [2.05, 4.69) is 22.0 Å². The van der Waals surface area contributed by atoms with E-state index in [4.69, 9.17) is 11.5 Å². The van der Waals surface area contributed by atoms with E-state index in [9.17, 15) is 4.79 Å². The van der Waals surface area contributed by atoms with Gasteiger partial charge in [0.15, 0.2) is 0 Å². The number of hydrogen-bond acceptors (Lipinski definition) is 5. The fraction of sp³-hybridized carbons (Fsp3) is 0.444. The minimum Gasteiger partial charge on any atom is -0.383 e. The van der Waals surface area contributed by atoms with Crippen molar-refractivity contribution in [3.8, 4) is 5.69 Å². The Labute approximate surface area is 141 Å². The second-order valence-corrected chi connectivity index (χ2v) is 7.13. The third-order valence-corrected chi connectivity index (χ3v) is 5.51. The minimum atomic E-state index is -0.350. The molecule has 2 aromatic rings. The smallest absolute Gasteiger partial charge is 0.354 e. The number of hydrogen-bond donors (Lipinski definition) is 2. The van der Waals surface area contributed by atoms with Crippen LogP contribution < -0.4 is 17.2 Å². The molecule has 4 rings (SSSR count). The molecule has 2 aliphatic rings. The minimum absolute atomic E-state index is 0.244. The van der Waals surface area contributed by atoms with Crippen LogP contribution in [0.5, 0.6) is 0 Å². The van der Waals surface area contributed by atoms with Crippen molar-refractivity contribution >= 4 is 5.82 Å². The van der Waals surface area contributed by atoms with E-state index >= 15 is 0 Å². The monoisotopic (exact) mass is 325 g/mol. The van der Waals surface area contributed by atoms with Crippen LogP contribution in [0, 0.1) is 11.3 Å². The molecule has 0 bridgehead atoms. The summed E-state index contributed by atoms with van der Waals surface area (Å²) in [5, 5.41) is 0. The molecule has 2 fully saturated rings. The average molecular weight is 325 g/mol. The number of rotatable bonds is 5. The van der Waals surface area contributed by atoms with Crippen molar-refractivity contribution < 1.29 is 0 Å². The van der Waals surface area contributed by atoms with Crippen LogP contribution in [-0.4, -0.2) is 40.6 Å². The number of nitrogens with two attached hydrogens (primary N) is 2. The molecule has 1 saturated heterocycles. The van der Waals surface area contributed by atoms with Crippen molar-refractivity contribution in [2.45, 2.75) is 12.8 Å². The van der Waals surface area contributed by atoms with Gasteiger partial charge >= 0.3 is 5.69 Å². The van der Waals surface area contributed by atoms with Crippen molar-refractivity contribution in [3.63, 3.8) is 0 Å². The highest BCUT2D eigenvalue weighted by atomic mass is 16.1. The quantitative estimate of drug-likeness (QED) is 0.842. The Morgan fingerprint density at radius 3 is 2.96 bits per heavy atom. The van der Waals surface area contributed by atoms with Gasteiger partial charge in [-0.1, -0.05) is 12.1 Å². The summed E-state index contributed by atoms with van der Waals surface area (Å²) in [5.41, 5.74) is 13.6. The Kier molecular flexibility index (Phi) is 3.66. The molecule has 24 heavy (non-hydrogen) atoms. The van der Waals surface area contributed by atoms with Crippen molar-refractivity contribution in [1.29, 1.82) is 0 Å². The second kappa shape index (κ2) is 5.72. The highest BCUT2D eigenvalue weighted by Gasteiger charge is 2.58. The van der Waals surface area contributed by atoms with E-state index in [0.29, 0.717) is 5.41 Å². The van der Waals surface area contributed by atoms with Crippen LogP contribution in [-0.2, 0) is 6.42 Å². The molecule has 6 heteroatoms. The molecule has 2 heterocycles. The number of benzene rings is 1. The first kappa shape index (κ1) is 15.4. The standard InChI is InChI=1S/C18H23N5O/c19-11-18-9-14(18)10-22(12-18)6-4-13-2-1-3-15(8-13)23-7-5-16(20)21-17(23)24/h1-3,5,7-8,14H,4,6,9-12,19H2,(H2,20,21,24). The highest BCUT2D eigenvalue weighted by Crippen LogP contribution is 2.56. The summed E-state index contributed by atoms with van der Waals surface area (Å²) >= 11 is 0. The molecule has 4 N–H and O–H groups in total. The number of fused-ring (bicyclic) bond motifs is 1. The zero-order valence-corrected chi connectivity index (χ0v) is 13.7. The fourth-order valence-electron chi connectivity index (χ4n) is 3.95. The first-order chi connectivity index (χ1) is 11.6. The van der Waals surface area contributed by atoms with Crippen molar-refractivity contribution in [1.82, 2.24) is 14.5 Å². The van der Waals surface area contributed by atoms with Gasteiger partial charge in [0, 0.05) is 25.8 Å². The zero-order valence-electron chi connectivity index (χ0n) is 13.7. The van der Waals surface area contributed by atoms with Gasteiger partial charge in [-0.3, -0.25) is 4.57 Å². The van der Waals surface area contributed by atoms with Gasteiger partial charge in [-0.05, 0) is 54.5 Å². The van der Waals surface area contributed by atoms with E-state index in [-0.39, 0.29) is 11.5 Å². The van der Waals surface area contributed by atoms with Gasteiger partial charge in [0.1, 0.15) is 5.82 Å². The lowest BCUT2D eigenvalue weighted by atomic mass is 10.1. The van der Waals surface area contributed by atoms with Crippen LogP contribution in [0.25, 0.3) is 5.69 Å². The van der Waals surface area contributed by atoms with E-state index in [1.807, 2.05) is 12.1 Å². The van der Waals surface area contributed by atoms with Gasteiger partial charge in [0.2, 0.25) is 0 Å². The van der Waals surface area contributed by atoms with Gasteiger partial charge < -0.3 is 16.4 Å². The van der Waals surface area contributed by atoms with E-state index in [1.165, 1.54) is 23.1 Å². The predicted molar refractivity (Wildman–Crippen MR) is 94.0 cm³/mol. The third kappa shape index (κ3) is 2.72. The zero-order chi connectivity index (χ0) is 16.7. The Bertz CT molecular complexity index is 813. The topological polar surface area (TPSA) is 90.2 Å². The molecule has 1 aromatic heterocycles. The van der Waals surface area contributed by atoms with Crippen molar-refractivity contribution in [2.24, 2.45) is 17.1 Å². The lowest BCUT2D eigenvalue weighted by Crippen LogP contribution is -2.30. The Morgan fingerprint density at radius 1 is 1.33 bits per heavy atom. The van der Waals surface area contributed by atoms with Crippen LogP contribution in [0.3, 0.4) is 0 Å². The number of likely N-dealkylation sites (tertiary alicyclic amines) is 1. The summed E-state index contributed by atoms with van der Waals surface area (Å²) in [7, 11) is 0. The van der Waals surface area contributed by atoms with E-state index in [0.717, 1.165) is 37.7 Å². The Balaban J connectivity index is 1.45. The van der Waals surface area contributed by atoms with Crippen molar-refractivity contribution in [2.75, 3.05) is 31.9 Å². The van der Waals surface area contributed by atoms with Gasteiger partial charge in [-0.25, -0.2) is 4.79 Å². The second-order valence-electron chi connectivity index (χ2n) is 7.13. The van der Waals surface area contributed by atoms with Gasteiger partial charge in [-0.2, -0.15) is 4.98 Å². The molecular formula is C18H23N5O. The maximum absolute atomic E-state index is 12.0. The van der Waals surface area contributed by atoms with Gasteiger partial charge in [0.25, 0.3) is 0 Å². The molecule has 1 aromatic carbocycles. The van der Waals surface area contributed by atoms with Crippen LogP contribution in [0.4, 0.5) is 5.82 Å². The first-order valence-corrected chi connectivity index (χ1v) is 8.47. The molecule has 6 nitrogen and oxygen atoms in total. The number of piperidine rings is 1. The van der Waals surface area contributed by atoms with E-state index < -0.39 is 0 Å². The number of nitrogen functional groups attached to an aromatic ring is 1. The number of aromatic nitrogens is 2. The number of anilines is 1. The summed E-state index contributed by atoms with van der Waals surface area (Å²) < 4.78 is 1.52. The molecule has 1 aliphatic carbocycles. The van der Waals surface area contributed by atoms with Crippen molar-refractivity contribution in [3.05, 3.63) is 52.6 Å². The predicted octanol–water partition coefficient (Wildman–Crippen LogP) is 0.638. The largest absolute Gasteiger partial charge is 0.383 e. The molecule has 0 radical (unpaired) electrons. The summed E-state index contributed by atoms with van der Waals surface area (Å²) in [6, 6.07) is 9.69.